The molecule has 0 aliphatic carbocycles. The number of nitrogens with one attached hydrogen (secondary N) is 2. The van der Waals surface area contributed by atoms with Crippen molar-refractivity contribution in [3.05, 3.63) is 92.0 Å². The number of nitrogens with zero attached hydrogens (tertiary/aromatic N) is 1. The molecule has 9 nitrogen and oxygen atoms in total. The van der Waals surface area contributed by atoms with E-state index in [-0.39, 0.29) is 34.5 Å². The van der Waals surface area contributed by atoms with Crippen LogP contribution in [0.15, 0.2) is 53.4 Å². The van der Waals surface area contributed by atoms with Crippen LogP contribution in [0.3, 0.4) is 0 Å². The minimum atomic E-state index is -1.28. The quantitative estimate of drug-likeness (QED) is 0.227. The molecular weight excluding hydrogens is 575 g/mol. The average molecular weight is 602 g/mol. The topological polar surface area (TPSA) is 154 Å². The van der Waals surface area contributed by atoms with Crippen LogP contribution in [0.4, 0.5) is 5.69 Å². The SMILES string of the molecule is CS(=O)c1cccc(C[C@H](NC(=O)c2c(Cl)cc3c(c2Cl)CCN(C(=O)c2ccc(C=N)c(N)c2)C3)C(=O)O)c1. The molecule has 0 saturated heterocycles. The Kier molecular flexibility index (Phi) is 8.92. The summed E-state index contributed by atoms with van der Waals surface area (Å²) in [7, 11) is -1.24. The van der Waals surface area contributed by atoms with Crippen LogP contribution in [-0.4, -0.2) is 57.1 Å². The van der Waals surface area contributed by atoms with Crippen molar-refractivity contribution in [1.29, 1.82) is 5.41 Å². The number of carboxylic acid groups (broad SMARTS) is 1. The Bertz CT molecular complexity index is 1560. The second-order valence-electron chi connectivity index (χ2n) is 9.32. The van der Waals surface area contributed by atoms with E-state index in [9.17, 15) is 23.7 Å². The Hall–Kier alpha value is -3.73. The third-order valence-corrected chi connectivity index (χ3v) is 8.31. The molecule has 0 radical (unpaired) electrons. The van der Waals surface area contributed by atoms with Crippen molar-refractivity contribution >= 4 is 63.7 Å². The number of carboxylic acids is 1. The number of hydrogen-bond donors (Lipinski definition) is 4. The van der Waals surface area contributed by atoms with Gasteiger partial charge in [0.1, 0.15) is 6.04 Å². The van der Waals surface area contributed by atoms with Crippen LogP contribution >= 0.6 is 23.2 Å². The molecule has 3 aromatic carbocycles. The number of nitrogens with two attached hydrogens (primary N) is 1. The molecule has 0 spiro atoms. The molecule has 1 unspecified atom stereocenters. The van der Waals surface area contributed by atoms with Gasteiger partial charge >= 0.3 is 5.97 Å². The molecule has 2 atom stereocenters. The van der Waals surface area contributed by atoms with Gasteiger partial charge in [-0.2, -0.15) is 0 Å². The van der Waals surface area contributed by atoms with Crippen molar-refractivity contribution in [2.75, 3.05) is 18.5 Å². The summed E-state index contributed by atoms with van der Waals surface area (Å²) in [5, 5.41) is 19.8. The highest BCUT2D eigenvalue weighted by Crippen LogP contribution is 2.35. The van der Waals surface area contributed by atoms with Crippen molar-refractivity contribution in [2.45, 2.75) is 30.3 Å². The molecule has 1 heterocycles. The monoisotopic (exact) mass is 600 g/mol. The van der Waals surface area contributed by atoms with Crippen LogP contribution in [0.25, 0.3) is 0 Å². The second-order valence-corrected chi connectivity index (χ2v) is 11.5. The predicted molar refractivity (Wildman–Crippen MR) is 155 cm³/mol. The molecule has 208 valence electrons. The molecule has 40 heavy (non-hydrogen) atoms. The minimum absolute atomic E-state index is 0.0302. The summed E-state index contributed by atoms with van der Waals surface area (Å²) in [6.45, 7) is 0.530. The van der Waals surface area contributed by atoms with Gasteiger partial charge in [0.05, 0.1) is 15.6 Å². The summed E-state index contributed by atoms with van der Waals surface area (Å²) in [6.07, 6.45) is 2.96. The minimum Gasteiger partial charge on any atom is -0.480 e. The van der Waals surface area contributed by atoms with Gasteiger partial charge in [-0.15, -0.1) is 0 Å². The molecule has 2 amide bonds. The lowest BCUT2D eigenvalue weighted by atomic mass is 9.95. The van der Waals surface area contributed by atoms with Gasteiger partial charge < -0.3 is 26.5 Å². The first kappa shape index (κ1) is 29.3. The summed E-state index contributed by atoms with van der Waals surface area (Å²) >= 11 is 13.1. The molecule has 12 heteroatoms. The number of fused-ring (bicyclic) bond motifs is 1. The maximum atomic E-state index is 13.2. The van der Waals surface area contributed by atoms with Crippen LogP contribution in [-0.2, 0) is 35.0 Å². The van der Waals surface area contributed by atoms with Crippen LogP contribution in [0, 0.1) is 5.41 Å². The van der Waals surface area contributed by atoms with Gasteiger partial charge in [-0.25, -0.2) is 4.79 Å². The number of benzene rings is 3. The first-order valence-electron chi connectivity index (χ1n) is 12.1. The molecular formula is C28H26Cl2N4O5S. The Balaban J connectivity index is 1.54. The smallest absolute Gasteiger partial charge is 0.326 e. The zero-order chi connectivity index (χ0) is 29.1. The number of aliphatic carboxylic acids is 1. The van der Waals surface area contributed by atoms with Gasteiger partial charge in [-0.1, -0.05) is 41.4 Å². The van der Waals surface area contributed by atoms with E-state index in [1.807, 2.05) is 0 Å². The van der Waals surface area contributed by atoms with E-state index < -0.39 is 28.7 Å². The predicted octanol–water partition coefficient (Wildman–Crippen LogP) is 3.93. The Morgan fingerprint density at radius 1 is 1.20 bits per heavy atom. The standard InChI is InChI=1S/C28H26Cl2N4O5S/c1-40(39)19-4-2-3-15(9-19)10-23(28(37)38)33-26(35)24-21(29)11-18-14-34(8-7-20(18)25(24)30)27(36)16-5-6-17(13-31)22(32)12-16/h2-6,9,11-13,23,31H,7-8,10,14,32H2,1H3,(H,33,35)(H,37,38)/t23-,40?/m0/s1. The maximum Gasteiger partial charge on any atom is 0.326 e. The highest BCUT2D eigenvalue weighted by Gasteiger charge is 2.30. The summed E-state index contributed by atoms with van der Waals surface area (Å²) in [5.74, 6) is -2.23. The first-order chi connectivity index (χ1) is 19.0. The number of carbonyl (C=O) groups is 3. The fourth-order valence-corrected chi connectivity index (χ4v) is 5.92. The lowest BCUT2D eigenvalue weighted by Crippen LogP contribution is -2.42. The van der Waals surface area contributed by atoms with Gasteiger partial charge in [0, 0.05) is 64.5 Å². The number of nitrogen functional groups attached to an aromatic ring is 1. The van der Waals surface area contributed by atoms with Gasteiger partial charge in [-0.05, 0) is 53.4 Å². The summed E-state index contributed by atoms with van der Waals surface area (Å²) < 4.78 is 11.8. The van der Waals surface area contributed by atoms with E-state index in [0.717, 1.165) is 6.21 Å². The van der Waals surface area contributed by atoms with Crippen molar-refractivity contribution < 1.29 is 23.7 Å². The third-order valence-electron chi connectivity index (χ3n) is 6.68. The van der Waals surface area contributed by atoms with E-state index >= 15 is 0 Å². The number of anilines is 1. The van der Waals surface area contributed by atoms with Crippen molar-refractivity contribution in [2.24, 2.45) is 0 Å². The second kappa shape index (κ2) is 12.2. The number of hydrogen-bond acceptors (Lipinski definition) is 6. The highest BCUT2D eigenvalue weighted by atomic mass is 35.5. The Morgan fingerprint density at radius 2 is 1.95 bits per heavy atom. The summed E-state index contributed by atoms with van der Waals surface area (Å²) in [5.41, 5.74) is 9.05. The fraction of sp³-hybridized carbons (Fsp3) is 0.214. The van der Waals surface area contributed by atoms with Crippen LogP contribution in [0.2, 0.25) is 10.0 Å². The van der Waals surface area contributed by atoms with Crippen LogP contribution in [0.5, 0.6) is 0 Å². The third kappa shape index (κ3) is 6.19. The van der Waals surface area contributed by atoms with E-state index in [1.165, 1.54) is 12.3 Å². The number of carbonyl (C=O) groups excluding carboxylic acids is 2. The molecule has 5 N–H and O–H groups in total. The van der Waals surface area contributed by atoms with Gasteiger partial charge in [0.15, 0.2) is 0 Å². The van der Waals surface area contributed by atoms with Gasteiger partial charge in [0.25, 0.3) is 11.8 Å². The van der Waals surface area contributed by atoms with E-state index in [1.54, 1.807) is 47.4 Å². The average Bonchev–Trinajstić information content (AvgIpc) is 2.92. The van der Waals surface area contributed by atoms with Crippen LogP contribution in [0.1, 0.15) is 43.0 Å². The lowest BCUT2D eigenvalue weighted by Gasteiger charge is -2.30. The molecule has 4 rings (SSSR count). The van der Waals surface area contributed by atoms with Crippen molar-refractivity contribution in [1.82, 2.24) is 10.2 Å². The summed E-state index contributed by atoms with van der Waals surface area (Å²) in [4.78, 5) is 40.5. The first-order valence-corrected chi connectivity index (χ1v) is 14.5. The van der Waals surface area contributed by atoms with Gasteiger partial charge in [0.2, 0.25) is 0 Å². The molecule has 0 fully saturated rings. The normalized spacial score (nSPS) is 14.1. The molecule has 1 aliphatic rings. The van der Waals surface area contributed by atoms with Crippen LogP contribution < -0.4 is 11.1 Å². The van der Waals surface area contributed by atoms with Gasteiger partial charge in [-0.3, -0.25) is 13.8 Å². The lowest BCUT2D eigenvalue weighted by molar-refractivity contribution is -0.139. The largest absolute Gasteiger partial charge is 0.480 e. The fourth-order valence-electron chi connectivity index (χ4n) is 4.57. The Labute approximate surface area is 243 Å². The van der Waals surface area contributed by atoms with E-state index in [0.29, 0.717) is 51.4 Å². The van der Waals surface area contributed by atoms with E-state index in [2.05, 4.69) is 5.32 Å². The molecule has 0 bridgehead atoms. The molecule has 0 saturated carbocycles. The van der Waals surface area contributed by atoms with Crippen molar-refractivity contribution in [3.8, 4) is 0 Å². The molecule has 3 aromatic rings. The highest BCUT2D eigenvalue weighted by molar-refractivity contribution is 7.84. The molecule has 1 aliphatic heterocycles. The molecule has 0 aromatic heterocycles. The Morgan fingerprint density at radius 3 is 2.60 bits per heavy atom. The number of rotatable bonds is 8. The maximum absolute atomic E-state index is 13.2. The number of amides is 2. The van der Waals surface area contributed by atoms with Crippen molar-refractivity contribution in [3.63, 3.8) is 0 Å². The summed E-state index contributed by atoms with van der Waals surface area (Å²) in [6, 6.07) is 11.7. The zero-order valence-electron chi connectivity index (χ0n) is 21.4. The van der Waals surface area contributed by atoms with E-state index in [4.69, 9.17) is 34.3 Å². The zero-order valence-corrected chi connectivity index (χ0v) is 23.7. The number of halogens is 2.